The van der Waals surface area contributed by atoms with Gasteiger partial charge in [-0.25, -0.2) is 0 Å². The van der Waals surface area contributed by atoms with E-state index >= 15 is 0 Å². The third kappa shape index (κ3) is 7.13. The zero-order chi connectivity index (χ0) is 23.6. The van der Waals surface area contributed by atoms with Crippen molar-refractivity contribution in [1.29, 1.82) is 0 Å². The van der Waals surface area contributed by atoms with Gasteiger partial charge in [0.25, 0.3) is 0 Å². The minimum Gasteiger partial charge on any atom is -0.450 e. The molecule has 0 radical (unpaired) electrons. The summed E-state index contributed by atoms with van der Waals surface area (Å²) in [6, 6.07) is 32.5. The van der Waals surface area contributed by atoms with Gasteiger partial charge >= 0.3 is 0 Å². The highest BCUT2D eigenvalue weighted by atomic mass is 31.1. The van der Waals surface area contributed by atoms with Crippen molar-refractivity contribution in [2.45, 2.75) is 27.1 Å². The molecule has 0 aliphatic heterocycles. The molecule has 4 aromatic rings. The fourth-order valence-corrected chi connectivity index (χ4v) is 4.41. The molecule has 4 nitrogen and oxygen atoms in total. The van der Waals surface area contributed by atoms with Gasteiger partial charge in [0.15, 0.2) is 0 Å². The van der Waals surface area contributed by atoms with Crippen LogP contribution in [0.4, 0.5) is 0 Å². The molecule has 0 aromatic heterocycles. The molecule has 0 fully saturated rings. The Bertz CT molecular complexity index is 1080. The van der Waals surface area contributed by atoms with Crippen molar-refractivity contribution in [3.63, 3.8) is 0 Å². The van der Waals surface area contributed by atoms with Crippen LogP contribution in [0.5, 0.6) is 11.5 Å². The molecule has 0 saturated heterocycles. The van der Waals surface area contributed by atoms with E-state index in [1.165, 1.54) is 11.1 Å². The molecule has 174 valence electrons. The quantitative estimate of drug-likeness (QED) is 0.157. The minimum absolute atomic E-state index is 0.0714. The second-order valence-electron chi connectivity index (χ2n) is 7.89. The SMILES string of the molecule is Cc1ccc(OPOCc2ccccc2-c2ccccc2COPOc2ccc(C)cc2)cc1. The first-order valence-electron chi connectivity index (χ1n) is 11.1. The molecule has 2 atom stereocenters. The van der Waals surface area contributed by atoms with Crippen LogP contribution < -0.4 is 9.05 Å². The van der Waals surface area contributed by atoms with Gasteiger partial charge in [0, 0.05) is 0 Å². The Balaban J connectivity index is 1.35. The molecule has 4 rings (SSSR count). The van der Waals surface area contributed by atoms with Crippen LogP contribution in [0.25, 0.3) is 11.1 Å². The smallest absolute Gasteiger partial charge is 0.215 e. The Labute approximate surface area is 205 Å². The van der Waals surface area contributed by atoms with E-state index in [0.29, 0.717) is 13.2 Å². The normalized spacial score (nSPS) is 11.5. The summed E-state index contributed by atoms with van der Waals surface area (Å²) in [7, 11) is -0.143. The van der Waals surface area contributed by atoms with Crippen molar-refractivity contribution >= 4 is 18.1 Å². The highest BCUT2D eigenvalue weighted by molar-refractivity contribution is 7.26. The van der Waals surface area contributed by atoms with Crippen molar-refractivity contribution in [2.75, 3.05) is 0 Å². The van der Waals surface area contributed by atoms with Crippen molar-refractivity contribution in [2.24, 2.45) is 0 Å². The van der Waals surface area contributed by atoms with Gasteiger partial charge in [-0.05, 0) is 60.4 Å². The summed E-state index contributed by atoms with van der Waals surface area (Å²) < 4.78 is 23.2. The Morgan fingerprint density at radius 2 is 0.882 bits per heavy atom. The van der Waals surface area contributed by atoms with Crippen molar-refractivity contribution in [3.05, 3.63) is 119 Å². The predicted molar refractivity (Wildman–Crippen MR) is 142 cm³/mol. The lowest BCUT2D eigenvalue weighted by atomic mass is 9.96. The molecule has 0 bridgehead atoms. The molecular weight excluding hydrogens is 462 g/mol. The van der Waals surface area contributed by atoms with E-state index in [-0.39, 0.29) is 18.1 Å². The van der Waals surface area contributed by atoms with Gasteiger partial charge in [-0.15, -0.1) is 0 Å². The lowest BCUT2D eigenvalue weighted by molar-refractivity contribution is 0.318. The molecule has 0 heterocycles. The first kappa shape index (κ1) is 24.4. The van der Waals surface area contributed by atoms with Gasteiger partial charge in [-0.2, -0.15) is 0 Å². The number of rotatable bonds is 11. The van der Waals surface area contributed by atoms with E-state index in [1.54, 1.807) is 0 Å². The van der Waals surface area contributed by atoms with Crippen LogP contribution in [0, 0.1) is 13.8 Å². The zero-order valence-corrected chi connectivity index (χ0v) is 21.3. The highest BCUT2D eigenvalue weighted by Crippen LogP contribution is 2.32. The molecule has 0 saturated carbocycles. The fourth-order valence-electron chi connectivity index (χ4n) is 3.40. The first-order chi connectivity index (χ1) is 16.7. The minimum atomic E-state index is -0.0714. The summed E-state index contributed by atoms with van der Waals surface area (Å²) in [4.78, 5) is 0. The number of benzene rings is 4. The summed E-state index contributed by atoms with van der Waals surface area (Å²) in [5, 5.41) is 0. The summed E-state index contributed by atoms with van der Waals surface area (Å²) in [5.41, 5.74) is 6.88. The van der Waals surface area contributed by atoms with Crippen LogP contribution in [0.2, 0.25) is 0 Å². The lowest BCUT2D eigenvalue weighted by Gasteiger charge is -2.14. The molecule has 6 heteroatoms. The Morgan fingerprint density at radius 1 is 0.500 bits per heavy atom. The van der Waals surface area contributed by atoms with Crippen LogP contribution in [0.15, 0.2) is 97.1 Å². The summed E-state index contributed by atoms with van der Waals surface area (Å²) in [6.07, 6.45) is 0. The Kier molecular flexibility index (Phi) is 9.07. The van der Waals surface area contributed by atoms with Crippen LogP contribution in [0.3, 0.4) is 0 Å². The number of hydrogen-bond donors (Lipinski definition) is 0. The molecule has 0 aliphatic rings. The molecule has 0 spiro atoms. The van der Waals surface area contributed by atoms with E-state index in [0.717, 1.165) is 33.8 Å². The summed E-state index contributed by atoms with van der Waals surface area (Å²) >= 11 is 0. The second kappa shape index (κ2) is 12.6. The van der Waals surface area contributed by atoms with Crippen LogP contribution in [0.1, 0.15) is 22.3 Å². The maximum Gasteiger partial charge on any atom is 0.215 e. The van der Waals surface area contributed by atoms with Gasteiger partial charge in [0.1, 0.15) is 11.5 Å². The Hall–Kier alpha value is -2.74. The average molecular weight is 490 g/mol. The van der Waals surface area contributed by atoms with Crippen LogP contribution in [-0.2, 0) is 22.3 Å². The molecule has 0 N–H and O–H groups in total. The van der Waals surface area contributed by atoms with Crippen LogP contribution in [-0.4, -0.2) is 0 Å². The Morgan fingerprint density at radius 3 is 1.29 bits per heavy atom. The average Bonchev–Trinajstić information content (AvgIpc) is 2.87. The molecular formula is C28H28O4P2. The van der Waals surface area contributed by atoms with E-state index in [9.17, 15) is 0 Å². The molecule has 2 unspecified atom stereocenters. The van der Waals surface area contributed by atoms with Gasteiger partial charge in [0.2, 0.25) is 18.1 Å². The molecule has 34 heavy (non-hydrogen) atoms. The maximum atomic E-state index is 5.87. The number of aryl methyl sites for hydroxylation is 2. The van der Waals surface area contributed by atoms with Crippen LogP contribution >= 0.6 is 18.1 Å². The number of hydrogen-bond acceptors (Lipinski definition) is 4. The monoisotopic (exact) mass is 490 g/mol. The van der Waals surface area contributed by atoms with Crippen molar-refractivity contribution in [3.8, 4) is 22.6 Å². The topological polar surface area (TPSA) is 36.9 Å². The summed E-state index contributed by atoms with van der Waals surface area (Å²) in [6.45, 7) is 5.04. The molecule has 0 aliphatic carbocycles. The fraction of sp³-hybridized carbons (Fsp3) is 0.143. The predicted octanol–water partition coefficient (Wildman–Crippen LogP) is 8.18. The van der Waals surface area contributed by atoms with E-state index in [4.69, 9.17) is 18.1 Å². The highest BCUT2D eigenvalue weighted by Gasteiger charge is 2.10. The van der Waals surface area contributed by atoms with Gasteiger partial charge in [-0.1, -0.05) is 83.9 Å². The molecule has 0 amide bonds. The molecule has 4 aromatic carbocycles. The first-order valence-corrected chi connectivity index (χ1v) is 12.7. The van der Waals surface area contributed by atoms with Crippen molar-refractivity contribution in [1.82, 2.24) is 0 Å². The zero-order valence-electron chi connectivity index (χ0n) is 19.3. The van der Waals surface area contributed by atoms with E-state index < -0.39 is 0 Å². The standard InChI is InChI=1S/C28H28O4P2/c1-21-11-15-25(16-12-21)31-33-29-19-23-7-3-5-9-27(23)28-10-6-4-8-24(28)20-30-34-32-26-17-13-22(2)14-18-26/h3-18,33-34H,19-20H2,1-2H3. The second-order valence-corrected chi connectivity index (χ2v) is 9.21. The van der Waals surface area contributed by atoms with Crippen molar-refractivity contribution < 1.29 is 18.1 Å². The maximum absolute atomic E-state index is 5.87. The largest absolute Gasteiger partial charge is 0.450 e. The van der Waals surface area contributed by atoms with E-state index in [2.05, 4.69) is 38.1 Å². The van der Waals surface area contributed by atoms with E-state index in [1.807, 2.05) is 72.8 Å². The van der Waals surface area contributed by atoms with Gasteiger partial charge < -0.3 is 18.1 Å². The third-order valence-corrected chi connectivity index (χ3v) is 6.42. The third-order valence-electron chi connectivity index (χ3n) is 5.26. The van der Waals surface area contributed by atoms with Gasteiger partial charge in [0.05, 0.1) is 13.2 Å². The van der Waals surface area contributed by atoms with Gasteiger partial charge in [-0.3, -0.25) is 0 Å². The summed E-state index contributed by atoms with van der Waals surface area (Å²) in [5.74, 6) is 1.63. The lowest BCUT2D eigenvalue weighted by Crippen LogP contribution is -1.96.